The highest BCUT2D eigenvalue weighted by molar-refractivity contribution is 7.80. The molecule has 2 N–H and O–H groups in total. The normalized spacial score (nSPS) is 11.5. The fourth-order valence-corrected chi connectivity index (χ4v) is 2.36. The van der Waals surface area contributed by atoms with Crippen LogP contribution in [-0.2, 0) is 0 Å². The fraction of sp³-hybridized carbons (Fsp3) is 0.188. The Labute approximate surface area is 134 Å². The van der Waals surface area contributed by atoms with Crippen molar-refractivity contribution < 1.29 is 4.92 Å². The summed E-state index contributed by atoms with van der Waals surface area (Å²) in [6.07, 6.45) is 0.895. The first-order valence-corrected chi connectivity index (χ1v) is 7.38. The minimum Gasteiger partial charge on any atom is -0.356 e. The van der Waals surface area contributed by atoms with Crippen molar-refractivity contribution in [2.24, 2.45) is 0 Å². The third-order valence-electron chi connectivity index (χ3n) is 3.25. The molecule has 0 aliphatic heterocycles. The molecule has 2 rings (SSSR count). The van der Waals surface area contributed by atoms with Gasteiger partial charge in [-0.05, 0) is 36.3 Å². The highest BCUT2D eigenvalue weighted by Crippen LogP contribution is 2.18. The van der Waals surface area contributed by atoms with Crippen LogP contribution in [0.3, 0.4) is 0 Å². The van der Waals surface area contributed by atoms with E-state index < -0.39 is 4.92 Å². The zero-order valence-electron chi connectivity index (χ0n) is 12.2. The van der Waals surface area contributed by atoms with Crippen molar-refractivity contribution in [1.82, 2.24) is 5.32 Å². The molecule has 0 saturated heterocycles. The van der Waals surface area contributed by atoms with E-state index in [1.54, 1.807) is 12.1 Å². The average Bonchev–Trinajstić information content (AvgIpc) is 2.54. The number of nitro groups is 1. The van der Waals surface area contributed by atoms with Crippen LogP contribution in [0.5, 0.6) is 0 Å². The average molecular weight is 315 g/mol. The molecule has 0 aliphatic rings. The molecule has 114 valence electrons. The maximum atomic E-state index is 10.6. The van der Waals surface area contributed by atoms with Gasteiger partial charge in [0.25, 0.3) is 5.69 Å². The first kappa shape index (κ1) is 15.9. The van der Waals surface area contributed by atoms with Crippen LogP contribution in [0.2, 0.25) is 0 Å². The molecule has 0 fully saturated rings. The van der Waals surface area contributed by atoms with E-state index in [9.17, 15) is 10.1 Å². The molecule has 5 nitrogen and oxygen atoms in total. The summed E-state index contributed by atoms with van der Waals surface area (Å²) in [4.78, 5) is 10.2. The quantitative estimate of drug-likeness (QED) is 0.495. The molecule has 0 bridgehead atoms. The molecule has 0 aliphatic carbocycles. The van der Waals surface area contributed by atoms with E-state index in [0.717, 1.165) is 12.0 Å². The van der Waals surface area contributed by atoms with Gasteiger partial charge in [0.1, 0.15) is 0 Å². The first-order valence-electron chi connectivity index (χ1n) is 6.97. The van der Waals surface area contributed by atoms with Crippen LogP contribution >= 0.6 is 12.2 Å². The van der Waals surface area contributed by atoms with Crippen LogP contribution in [0.4, 0.5) is 11.4 Å². The van der Waals surface area contributed by atoms with Crippen molar-refractivity contribution in [3.63, 3.8) is 0 Å². The standard InChI is InChI=1S/C16H17N3O2S/c1-2-15(12-6-4-3-5-7-12)18-16(22)17-13-8-10-14(11-9-13)19(20)21/h3-11,15H,2H2,1H3,(H2,17,18,22). The van der Waals surface area contributed by atoms with Crippen LogP contribution in [0.1, 0.15) is 24.9 Å². The summed E-state index contributed by atoms with van der Waals surface area (Å²) >= 11 is 5.31. The van der Waals surface area contributed by atoms with Crippen LogP contribution in [0.25, 0.3) is 0 Å². The number of nitrogens with zero attached hydrogens (tertiary/aromatic N) is 1. The van der Waals surface area contributed by atoms with Gasteiger partial charge < -0.3 is 10.6 Å². The maximum absolute atomic E-state index is 10.6. The van der Waals surface area contributed by atoms with Gasteiger partial charge in [-0.1, -0.05) is 37.3 Å². The van der Waals surface area contributed by atoms with Crippen molar-refractivity contribution in [1.29, 1.82) is 0 Å². The summed E-state index contributed by atoms with van der Waals surface area (Å²) in [5, 5.41) is 17.4. The first-order chi connectivity index (χ1) is 10.6. The SMILES string of the molecule is CCC(NC(=S)Nc1ccc([N+](=O)[O-])cc1)c1ccccc1. The van der Waals surface area contributed by atoms with E-state index in [2.05, 4.69) is 29.7 Å². The van der Waals surface area contributed by atoms with Crippen molar-refractivity contribution >= 4 is 28.7 Å². The van der Waals surface area contributed by atoms with Crippen molar-refractivity contribution in [2.75, 3.05) is 5.32 Å². The summed E-state index contributed by atoms with van der Waals surface area (Å²) < 4.78 is 0. The lowest BCUT2D eigenvalue weighted by molar-refractivity contribution is -0.384. The molecule has 0 aromatic heterocycles. The highest BCUT2D eigenvalue weighted by Gasteiger charge is 2.10. The molecule has 2 aromatic carbocycles. The van der Waals surface area contributed by atoms with Gasteiger partial charge in [0.05, 0.1) is 11.0 Å². The Morgan fingerprint density at radius 1 is 1.18 bits per heavy atom. The second kappa shape index (κ2) is 7.51. The molecule has 0 spiro atoms. The molecule has 1 atom stereocenters. The zero-order valence-corrected chi connectivity index (χ0v) is 13.0. The number of thiocarbonyl (C=S) groups is 1. The molecule has 0 radical (unpaired) electrons. The number of anilines is 1. The second-order valence-electron chi connectivity index (χ2n) is 4.77. The number of non-ortho nitro benzene ring substituents is 1. The molecule has 22 heavy (non-hydrogen) atoms. The third-order valence-corrected chi connectivity index (χ3v) is 3.47. The molecular weight excluding hydrogens is 298 g/mol. The fourth-order valence-electron chi connectivity index (χ4n) is 2.10. The van der Waals surface area contributed by atoms with Crippen molar-refractivity contribution in [2.45, 2.75) is 19.4 Å². The van der Waals surface area contributed by atoms with Crippen LogP contribution < -0.4 is 10.6 Å². The van der Waals surface area contributed by atoms with Gasteiger partial charge in [-0.15, -0.1) is 0 Å². The Morgan fingerprint density at radius 2 is 1.82 bits per heavy atom. The Bertz CT molecular complexity index is 644. The van der Waals surface area contributed by atoms with E-state index in [4.69, 9.17) is 12.2 Å². The molecule has 6 heteroatoms. The Morgan fingerprint density at radius 3 is 2.36 bits per heavy atom. The van der Waals surface area contributed by atoms with E-state index in [0.29, 0.717) is 10.8 Å². The van der Waals surface area contributed by atoms with Crippen molar-refractivity contribution in [3.05, 3.63) is 70.3 Å². The number of nitrogens with one attached hydrogen (secondary N) is 2. The van der Waals surface area contributed by atoms with Gasteiger partial charge in [-0.2, -0.15) is 0 Å². The van der Waals surface area contributed by atoms with Crippen LogP contribution in [0, 0.1) is 10.1 Å². The molecule has 1 unspecified atom stereocenters. The molecule has 0 saturated carbocycles. The molecule has 0 amide bonds. The van der Waals surface area contributed by atoms with Gasteiger partial charge in [-0.25, -0.2) is 0 Å². The number of benzene rings is 2. The van der Waals surface area contributed by atoms with Gasteiger partial charge >= 0.3 is 0 Å². The number of hydrogen-bond donors (Lipinski definition) is 2. The largest absolute Gasteiger partial charge is 0.356 e. The van der Waals surface area contributed by atoms with Gasteiger partial charge in [0.15, 0.2) is 5.11 Å². The van der Waals surface area contributed by atoms with Crippen LogP contribution in [-0.4, -0.2) is 10.0 Å². The summed E-state index contributed by atoms with van der Waals surface area (Å²) in [5.41, 5.74) is 1.93. The highest BCUT2D eigenvalue weighted by atomic mass is 32.1. The predicted molar refractivity (Wildman–Crippen MR) is 91.9 cm³/mol. The van der Waals surface area contributed by atoms with E-state index in [1.807, 2.05) is 18.2 Å². The van der Waals surface area contributed by atoms with E-state index >= 15 is 0 Å². The maximum Gasteiger partial charge on any atom is 0.269 e. The third kappa shape index (κ3) is 4.26. The molecule has 0 heterocycles. The molecule has 2 aromatic rings. The van der Waals surface area contributed by atoms with Gasteiger partial charge in [0, 0.05) is 17.8 Å². The summed E-state index contributed by atoms with van der Waals surface area (Å²) in [7, 11) is 0. The summed E-state index contributed by atoms with van der Waals surface area (Å²) in [6.45, 7) is 2.08. The minimum absolute atomic E-state index is 0.0557. The number of hydrogen-bond acceptors (Lipinski definition) is 3. The minimum atomic E-state index is -0.428. The zero-order chi connectivity index (χ0) is 15.9. The Hall–Kier alpha value is -2.47. The topological polar surface area (TPSA) is 67.2 Å². The lowest BCUT2D eigenvalue weighted by Crippen LogP contribution is -2.32. The monoisotopic (exact) mass is 315 g/mol. The number of rotatable bonds is 5. The van der Waals surface area contributed by atoms with Gasteiger partial charge in [0.2, 0.25) is 0 Å². The lowest BCUT2D eigenvalue weighted by atomic mass is 10.1. The molecular formula is C16H17N3O2S. The summed E-state index contributed by atoms with van der Waals surface area (Å²) in [5.74, 6) is 0. The smallest absolute Gasteiger partial charge is 0.269 e. The predicted octanol–water partition coefficient (Wildman–Crippen LogP) is 4.03. The van der Waals surface area contributed by atoms with Crippen LogP contribution in [0.15, 0.2) is 54.6 Å². The summed E-state index contributed by atoms with van der Waals surface area (Å²) in [6, 6.07) is 16.3. The van der Waals surface area contributed by atoms with E-state index in [1.165, 1.54) is 12.1 Å². The van der Waals surface area contributed by atoms with Gasteiger partial charge in [-0.3, -0.25) is 10.1 Å². The lowest BCUT2D eigenvalue weighted by Gasteiger charge is -2.20. The Kier molecular flexibility index (Phi) is 5.43. The van der Waals surface area contributed by atoms with E-state index in [-0.39, 0.29) is 11.7 Å². The Balaban J connectivity index is 1.98. The second-order valence-corrected chi connectivity index (χ2v) is 5.18. The van der Waals surface area contributed by atoms with Crippen molar-refractivity contribution in [3.8, 4) is 0 Å². The number of nitro benzene ring substituents is 1.